The highest BCUT2D eigenvalue weighted by Gasteiger charge is 2.14. The van der Waals surface area contributed by atoms with Gasteiger partial charge in [0.25, 0.3) is 5.91 Å². The summed E-state index contributed by atoms with van der Waals surface area (Å²) in [4.78, 5) is 25.2. The minimum atomic E-state index is -0.360. The van der Waals surface area contributed by atoms with E-state index in [2.05, 4.69) is 15.4 Å². The monoisotopic (exact) mass is 247 g/mol. The van der Waals surface area contributed by atoms with E-state index in [0.29, 0.717) is 22.8 Å². The lowest BCUT2D eigenvalue weighted by Crippen LogP contribution is -2.17. The van der Waals surface area contributed by atoms with Crippen LogP contribution in [0.3, 0.4) is 0 Å². The van der Waals surface area contributed by atoms with Crippen LogP contribution in [0, 0.1) is 6.92 Å². The van der Waals surface area contributed by atoms with E-state index >= 15 is 0 Å². The van der Waals surface area contributed by atoms with Gasteiger partial charge in [0, 0.05) is 19.3 Å². The molecule has 7 nitrogen and oxygen atoms in total. The quantitative estimate of drug-likeness (QED) is 0.707. The number of carbonyl (C=O) groups is 1. The van der Waals surface area contributed by atoms with Crippen molar-refractivity contribution in [2.24, 2.45) is 7.05 Å². The second-order valence-corrected chi connectivity index (χ2v) is 3.87. The molecule has 0 bridgehead atoms. The average molecular weight is 247 g/mol. The molecule has 0 radical (unpaired) electrons. The van der Waals surface area contributed by atoms with Gasteiger partial charge in [0.1, 0.15) is 0 Å². The lowest BCUT2D eigenvalue weighted by molar-refractivity contribution is 0.102. The lowest BCUT2D eigenvalue weighted by atomic mass is 10.2. The number of hydrogen-bond acceptors (Lipinski definition) is 4. The highest BCUT2D eigenvalue weighted by Crippen LogP contribution is 2.21. The fourth-order valence-corrected chi connectivity index (χ4v) is 1.55. The van der Waals surface area contributed by atoms with Crippen LogP contribution in [-0.4, -0.2) is 20.7 Å². The number of nitrogen functional groups attached to an aromatic ring is 1. The van der Waals surface area contributed by atoms with Crippen LogP contribution in [0.2, 0.25) is 0 Å². The number of anilines is 2. The van der Waals surface area contributed by atoms with Crippen molar-refractivity contribution >= 4 is 17.4 Å². The fraction of sp³-hybridized carbons (Fsp3) is 0.182. The number of nitrogens with zero attached hydrogens (tertiary/aromatic N) is 2. The van der Waals surface area contributed by atoms with Crippen molar-refractivity contribution in [1.82, 2.24) is 14.8 Å². The number of nitrogens with two attached hydrogens (primary N) is 1. The Morgan fingerprint density at radius 1 is 1.50 bits per heavy atom. The van der Waals surface area contributed by atoms with Crippen LogP contribution in [0.15, 0.2) is 23.1 Å². The Labute approximate surface area is 103 Å². The summed E-state index contributed by atoms with van der Waals surface area (Å²) in [5.74, 6) is 0.0738. The van der Waals surface area contributed by atoms with Gasteiger partial charge in [-0.05, 0) is 13.0 Å². The largest absolute Gasteiger partial charge is 0.394 e. The summed E-state index contributed by atoms with van der Waals surface area (Å²) >= 11 is 0. The molecule has 2 aromatic heterocycles. The highest BCUT2D eigenvalue weighted by molar-refractivity contribution is 6.05. The van der Waals surface area contributed by atoms with Gasteiger partial charge in [0.15, 0.2) is 5.82 Å². The first-order valence-corrected chi connectivity index (χ1v) is 5.28. The minimum absolute atomic E-state index is 0.262. The van der Waals surface area contributed by atoms with Crippen molar-refractivity contribution in [2.75, 3.05) is 11.1 Å². The second-order valence-electron chi connectivity index (χ2n) is 3.87. The topological polar surface area (TPSA) is 106 Å². The first-order chi connectivity index (χ1) is 8.49. The maximum atomic E-state index is 11.9. The first-order valence-electron chi connectivity index (χ1n) is 5.28. The Hall–Kier alpha value is -2.57. The number of aryl methyl sites for hydroxylation is 2. The Kier molecular flexibility index (Phi) is 2.88. The Bertz CT molecular complexity index is 635. The van der Waals surface area contributed by atoms with Gasteiger partial charge in [0.05, 0.1) is 16.9 Å². The molecule has 94 valence electrons. The standard InChI is InChI=1S/C11H13N5O2/c1-6-9(12)10(16(2)15-6)14-11(18)7-3-4-8(17)13-5-7/h3-5H,12H2,1-2H3,(H,13,17)(H,14,18). The van der Waals surface area contributed by atoms with Gasteiger partial charge in [-0.2, -0.15) is 5.10 Å². The van der Waals surface area contributed by atoms with E-state index in [1.54, 1.807) is 14.0 Å². The number of aromatic amines is 1. The van der Waals surface area contributed by atoms with Crippen LogP contribution in [-0.2, 0) is 7.05 Å². The summed E-state index contributed by atoms with van der Waals surface area (Å²) in [5, 5.41) is 6.74. The number of rotatable bonds is 2. The molecule has 0 aromatic carbocycles. The summed E-state index contributed by atoms with van der Waals surface area (Å²) in [7, 11) is 1.69. The fourth-order valence-electron chi connectivity index (χ4n) is 1.55. The number of amides is 1. The van der Waals surface area contributed by atoms with Gasteiger partial charge in [-0.3, -0.25) is 14.3 Å². The highest BCUT2D eigenvalue weighted by atomic mass is 16.2. The maximum Gasteiger partial charge on any atom is 0.258 e. The van der Waals surface area contributed by atoms with Crippen LogP contribution >= 0.6 is 0 Å². The van der Waals surface area contributed by atoms with E-state index in [4.69, 9.17) is 5.73 Å². The predicted octanol–water partition coefficient (Wildman–Crippen LogP) is 0.251. The van der Waals surface area contributed by atoms with Crippen molar-refractivity contribution in [3.05, 3.63) is 39.9 Å². The van der Waals surface area contributed by atoms with Crippen LogP contribution in [0.4, 0.5) is 11.5 Å². The van der Waals surface area contributed by atoms with Crippen molar-refractivity contribution in [3.8, 4) is 0 Å². The summed E-state index contributed by atoms with van der Waals surface area (Å²) in [6, 6.07) is 2.72. The molecule has 0 fully saturated rings. The molecule has 0 atom stereocenters. The van der Waals surface area contributed by atoms with Crippen molar-refractivity contribution in [2.45, 2.75) is 6.92 Å². The van der Waals surface area contributed by atoms with Crippen LogP contribution in [0.1, 0.15) is 16.1 Å². The van der Waals surface area contributed by atoms with Gasteiger partial charge < -0.3 is 16.0 Å². The number of aromatic nitrogens is 3. The number of hydrogen-bond donors (Lipinski definition) is 3. The van der Waals surface area contributed by atoms with Gasteiger partial charge in [-0.25, -0.2) is 0 Å². The minimum Gasteiger partial charge on any atom is -0.394 e. The molecule has 0 spiro atoms. The van der Waals surface area contributed by atoms with E-state index in [0.717, 1.165) is 0 Å². The average Bonchev–Trinajstić information content (AvgIpc) is 2.57. The van der Waals surface area contributed by atoms with Gasteiger partial charge >= 0.3 is 0 Å². The molecule has 0 saturated heterocycles. The molecule has 0 aliphatic heterocycles. The molecular formula is C11H13N5O2. The molecule has 18 heavy (non-hydrogen) atoms. The van der Waals surface area contributed by atoms with Crippen molar-refractivity contribution < 1.29 is 4.79 Å². The summed E-state index contributed by atoms with van der Waals surface area (Å²) < 4.78 is 1.49. The summed E-state index contributed by atoms with van der Waals surface area (Å²) in [5.41, 5.74) is 6.95. The number of pyridine rings is 1. The Morgan fingerprint density at radius 2 is 2.22 bits per heavy atom. The number of nitrogens with one attached hydrogen (secondary N) is 2. The molecule has 0 unspecified atom stereocenters. The lowest BCUT2D eigenvalue weighted by Gasteiger charge is -2.06. The zero-order valence-electron chi connectivity index (χ0n) is 10.0. The van der Waals surface area contributed by atoms with E-state index in [9.17, 15) is 9.59 Å². The van der Waals surface area contributed by atoms with Gasteiger partial charge in [-0.15, -0.1) is 0 Å². The Morgan fingerprint density at radius 3 is 2.72 bits per heavy atom. The third-order valence-electron chi connectivity index (χ3n) is 2.55. The van der Waals surface area contributed by atoms with Crippen LogP contribution in [0.5, 0.6) is 0 Å². The zero-order chi connectivity index (χ0) is 13.3. The maximum absolute atomic E-state index is 11.9. The Balaban J connectivity index is 2.26. The molecule has 7 heteroatoms. The predicted molar refractivity (Wildman–Crippen MR) is 67.4 cm³/mol. The number of carbonyl (C=O) groups excluding carboxylic acids is 1. The van der Waals surface area contributed by atoms with Crippen molar-refractivity contribution in [1.29, 1.82) is 0 Å². The van der Waals surface area contributed by atoms with Gasteiger partial charge in [0.2, 0.25) is 5.56 Å². The van der Waals surface area contributed by atoms with E-state index in [1.165, 1.54) is 23.0 Å². The molecule has 1 amide bonds. The zero-order valence-corrected chi connectivity index (χ0v) is 10.0. The second kappa shape index (κ2) is 4.36. The van der Waals surface area contributed by atoms with Gasteiger partial charge in [-0.1, -0.05) is 0 Å². The molecule has 0 aliphatic rings. The molecule has 0 saturated carbocycles. The summed E-state index contributed by atoms with van der Waals surface area (Å²) in [6.07, 6.45) is 1.34. The third kappa shape index (κ3) is 2.10. The molecule has 2 aromatic rings. The van der Waals surface area contributed by atoms with E-state index in [-0.39, 0.29) is 11.5 Å². The normalized spacial score (nSPS) is 10.3. The molecule has 2 rings (SSSR count). The van der Waals surface area contributed by atoms with Crippen LogP contribution < -0.4 is 16.6 Å². The molecule has 0 aliphatic carbocycles. The smallest absolute Gasteiger partial charge is 0.258 e. The van der Waals surface area contributed by atoms with Crippen LogP contribution in [0.25, 0.3) is 0 Å². The molecule has 4 N–H and O–H groups in total. The molecule has 2 heterocycles. The third-order valence-corrected chi connectivity index (χ3v) is 2.55. The number of H-pyrrole nitrogens is 1. The first kappa shape index (κ1) is 11.9. The SMILES string of the molecule is Cc1nn(C)c(NC(=O)c2ccc(=O)[nH]c2)c1N. The van der Waals surface area contributed by atoms with Crippen molar-refractivity contribution in [3.63, 3.8) is 0 Å². The van der Waals surface area contributed by atoms with E-state index < -0.39 is 0 Å². The summed E-state index contributed by atoms with van der Waals surface area (Å²) in [6.45, 7) is 1.75. The van der Waals surface area contributed by atoms with E-state index in [1.807, 2.05) is 0 Å². The molecular weight excluding hydrogens is 234 g/mol.